The van der Waals surface area contributed by atoms with Gasteiger partial charge in [0.15, 0.2) is 0 Å². The van der Waals surface area contributed by atoms with Crippen LogP contribution in [0.25, 0.3) is 10.9 Å². The second-order valence-corrected chi connectivity index (χ2v) is 8.67. The van der Waals surface area contributed by atoms with Gasteiger partial charge in [-0.15, -0.1) is 0 Å². The Balaban J connectivity index is 1.65. The average molecular weight is 431 g/mol. The van der Waals surface area contributed by atoms with Gasteiger partial charge < -0.3 is 19.9 Å². The molecule has 1 aromatic carbocycles. The summed E-state index contributed by atoms with van der Waals surface area (Å²) < 4.78 is 31.2. The lowest BCUT2D eigenvalue weighted by Crippen LogP contribution is -2.32. The smallest absolute Gasteiger partial charge is 0.341 e. The Morgan fingerprint density at radius 1 is 1.26 bits per heavy atom. The minimum absolute atomic E-state index is 0.0800. The number of hydrogen-bond donors (Lipinski definition) is 2. The van der Waals surface area contributed by atoms with E-state index in [0.717, 1.165) is 24.5 Å². The molecule has 0 unspecified atom stereocenters. The summed E-state index contributed by atoms with van der Waals surface area (Å²) in [6.07, 6.45) is 4.18. The summed E-state index contributed by atoms with van der Waals surface area (Å²) in [5.74, 6) is -2.02. The van der Waals surface area contributed by atoms with Crippen LogP contribution in [0.4, 0.5) is 14.5 Å². The number of fused-ring (bicyclic) bond motifs is 1. The van der Waals surface area contributed by atoms with Crippen molar-refractivity contribution in [3.05, 3.63) is 51.3 Å². The molecule has 2 aliphatic rings. The fourth-order valence-electron chi connectivity index (χ4n) is 4.12. The quantitative estimate of drug-likeness (QED) is 0.723. The first-order chi connectivity index (χ1) is 14.8. The topological polar surface area (TPSA) is 74.6 Å². The summed E-state index contributed by atoms with van der Waals surface area (Å²) in [6, 6.07) is 3.11. The zero-order chi connectivity index (χ0) is 22.3. The zero-order valence-electron chi connectivity index (χ0n) is 17.8. The standard InChI is InChI=1S/C23H27F2N3O3/c1-13(2)26-11-19(25)14-5-7-27(8-6-14)21-10-20-16(9-18(21)24)22(29)17(23(30)31)12-28(20)15-3-4-15/h9-10,12-13,15,26H,3-8,11H2,1-2H3,(H,30,31). The molecular weight excluding hydrogens is 404 g/mol. The largest absolute Gasteiger partial charge is 0.477 e. The number of pyridine rings is 1. The fourth-order valence-corrected chi connectivity index (χ4v) is 4.12. The Kier molecular flexibility index (Phi) is 5.83. The number of anilines is 1. The molecule has 1 saturated carbocycles. The molecular formula is C23H27F2N3O3. The van der Waals surface area contributed by atoms with Crippen LogP contribution in [0.1, 0.15) is 55.9 Å². The summed E-state index contributed by atoms with van der Waals surface area (Å²) in [6.45, 7) is 5.09. The minimum atomic E-state index is -1.31. The molecule has 2 fully saturated rings. The normalized spacial score (nSPS) is 16.9. The molecule has 8 heteroatoms. The second kappa shape index (κ2) is 8.42. The third-order valence-corrected chi connectivity index (χ3v) is 6.03. The molecule has 31 heavy (non-hydrogen) atoms. The van der Waals surface area contributed by atoms with Crippen molar-refractivity contribution in [1.82, 2.24) is 9.88 Å². The molecule has 1 aromatic heterocycles. The number of aromatic carboxylic acids is 1. The van der Waals surface area contributed by atoms with Crippen LogP contribution in [0.2, 0.25) is 0 Å². The van der Waals surface area contributed by atoms with Gasteiger partial charge in [-0.05, 0) is 43.4 Å². The number of nitrogens with one attached hydrogen (secondary N) is 1. The Hall–Kier alpha value is -2.74. The molecule has 2 aromatic rings. The van der Waals surface area contributed by atoms with Crippen molar-refractivity contribution in [3.8, 4) is 0 Å². The Morgan fingerprint density at radius 2 is 1.94 bits per heavy atom. The van der Waals surface area contributed by atoms with Gasteiger partial charge in [-0.3, -0.25) is 4.79 Å². The highest BCUT2D eigenvalue weighted by atomic mass is 19.1. The number of rotatable bonds is 6. The number of halogens is 2. The van der Waals surface area contributed by atoms with Crippen molar-refractivity contribution in [2.45, 2.75) is 51.6 Å². The van der Waals surface area contributed by atoms with Gasteiger partial charge >= 0.3 is 5.97 Å². The predicted octanol–water partition coefficient (Wildman–Crippen LogP) is 4.00. The SMILES string of the molecule is CC(C)NCC(F)=C1CCN(c2cc3c(cc2F)c(=O)c(C(=O)O)cn3C2CC2)CC1. The van der Waals surface area contributed by atoms with E-state index in [0.29, 0.717) is 37.1 Å². The number of carboxylic acids is 1. The van der Waals surface area contributed by atoms with Gasteiger partial charge in [-0.2, -0.15) is 0 Å². The van der Waals surface area contributed by atoms with Gasteiger partial charge in [-0.25, -0.2) is 13.6 Å². The number of piperidine rings is 1. The van der Waals surface area contributed by atoms with Crippen molar-refractivity contribution in [1.29, 1.82) is 0 Å². The summed E-state index contributed by atoms with van der Waals surface area (Å²) >= 11 is 0. The van der Waals surface area contributed by atoms with Crippen LogP contribution in [-0.4, -0.2) is 41.3 Å². The monoisotopic (exact) mass is 431 g/mol. The van der Waals surface area contributed by atoms with Crippen LogP contribution in [0, 0.1) is 5.82 Å². The summed E-state index contributed by atoms with van der Waals surface area (Å²) in [7, 11) is 0. The fraction of sp³-hybridized carbons (Fsp3) is 0.478. The van der Waals surface area contributed by atoms with Gasteiger partial charge in [0.05, 0.1) is 11.2 Å². The molecule has 1 aliphatic carbocycles. The molecule has 6 nitrogen and oxygen atoms in total. The maximum absolute atomic E-state index is 15.0. The molecule has 1 aliphatic heterocycles. The Labute approximate surface area is 179 Å². The van der Waals surface area contributed by atoms with Crippen molar-refractivity contribution < 1.29 is 18.7 Å². The lowest BCUT2D eigenvalue weighted by molar-refractivity contribution is 0.0695. The third-order valence-electron chi connectivity index (χ3n) is 6.03. The van der Waals surface area contributed by atoms with Gasteiger partial charge in [0, 0.05) is 43.3 Å². The first kappa shape index (κ1) is 21.5. The number of carbonyl (C=O) groups is 1. The third kappa shape index (κ3) is 4.35. The van der Waals surface area contributed by atoms with E-state index in [1.807, 2.05) is 18.7 Å². The maximum Gasteiger partial charge on any atom is 0.341 e. The zero-order valence-corrected chi connectivity index (χ0v) is 17.8. The van der Waals surface area contributed by atoms with E-state index in [-0.39, 0.29) is 35.4 Å². The predicted molar refractivity (Wildman–Crippen MR) is 116 cm³/mol. The molecule has 0 amide bonds. The van der Waals surface area contributed by atoms with Crippen molar-refractivity contribution in [2.24, 2.45) is 0 Å². The number of aromatic nitrogens is 1. The van der Waals surface area contributed by atoms with Gasteiger partial charge in [0.1, 0.15) is 17.2 Å². The summed E-state index contributed by atoms with van der Waals surface area (Å²) in [4.78, 5) is 25.9. The van der Waals surface area contributed by atoms with Crippen LogP contribution in [0.3, 0.4) is 0 Å². The summed E-state index contributed by atoms with van der Waals surface area (Å²) in [5, 5.41) is 12.5. The van der Waals surface area contributed by atoms with E-state index < -0.39 is 17.2 Å². The molecule has 2 heterocycles. The van der Waals surface area contributed by atoms with Crippen molar-refractivity contribution >= 4 is 22.6 Å². The molecule has 4 rings (SSSR count). The van der Waals surface area contributed by atoms with Crippen LogP contribution in [0.15, 0.2) is 34.5 Å². The number of carboxylic acid groups (broad SMARTS) is 1. The number of hydrogen-bond acceptors (Lipinski definition) is 4. The van der Waals surface area contributed by atoms with Crippen LogP contribution in [0.5, 0.6) is 0 Å². The van der Waals surface area contributed by atoms with E-state index in [2.05, 4.69) is 5.32 Å². The molecule has 0 radical (unpaired) electrons. The van der Waals surface area contributed by atoms with E-state index in [4.69, 9.17) is 0 Å². The first-order valence-corrected chi connectivity index (χ1v) is 10.7. The first-order valence-electron chi connectivity index (χ1n) is 10.7. The highest BCUT2D eigenvalue weighted by Gasteiger charge is 2.28. The number of nitrogens with zero attached hydrogens (tertiary/aromatic N) is 2. The van der Waals surface area contributed by atoms with Crippen LogP contribution in [-0.2, 0) is 0 Å². The van der Waals surface area contributed by atoms with Gasteiger partial charge in [-0.1, -0.05) is 13.8 Å². The van der Waals surface area contributed by atoms with Gasteiger partial charge in [0.2, 0.25) is 5.43 Å². The number of benzene rings is 1. The Bertz CT molecular complexity index is 1110. The van der Waals surface area contributed by atoms with Crippen molar-refractivity contribution in [2.75, 3.05) is 24.5 Å². The van der Waals surface area contributed by atoms with E-state index >= 15 is 0 Å². The molecule has 0 bridgehead atoms. The van der Waals surface area contributed by atoms with Crippen LogP contribution >= 0.6 is 0 Å². The molecule has 2 N–H and O–H groups in total. The van der Waals surface area contributed by atoms with Crippen molar-refractivity contribution in [3.63, 3.8) is 0 Å². The summed E-state index contributed by atoms with van der Waals surface area (Å²) in [5.41, 5.74) is 0.650. The molecule has 0 atom stereocenters. The maximum atomic E-state index is 15.0. The lowest BCUT2D eigenvalue weighted by Gasteiger charge is -2.31. The van der Waals surface area contributed by atoms with E-state index in [1.54, 1.807) is 10.6 Å². The molecule has 0 spiro atoms. The average Bonchev–Trinajstić information content (AvgIpc) is 3.57. The Morgan fingerprint density at radius 3 is 2.52 bits per heavy atom. The highest BCUT2D eigenvalue weighted by molar-refractivity contribution is 5.93. The molecule has 166 valence electrons. The van der Waals surface area contributed by atoms with E-state index in [1.165, 1.54) is 6.20 Å². The van der Waals surface area contributed by atoms with Crippen LogP contribution < -0.4 is 15.6 Å². The second-order valence-electron chi connectivity index (χ2n) is 8.67. The van der Waals surface area contributed by atoms with Gasteiger partial charge in [0.25, 0.3) is 0 Å². The highest BCUT2D eigenvalue weighted by Crippen LogP contribution is 2.38. The lowest BCUT2D eigenvalue weighted by atomic mass is 10.0. The molecule has 1 saturated heterocycles. The van der Waals surface area contributed by atoms with E-state index in [9.17, 15) is 23.5 Å². The minimum Gasteiger partial charge on any atom is -0.477 e.